The number of hydrogen-bond donors (Lipinski definition) is 2. The predicted octanol–water partition coefficient (Wildman–Crippen LogP) is 2.60. The van der Waals surface area contributed by atoms with Crippen LogP contribution in [0.25, 0.3) is 0 Å². The smallest absolute Gasteiger partial charge is 0.0842 e. The van der Waals surface area contributed by atoms with Gasteiger partial charge in [0.1, 0.15) is 0 Å². The lowest BCUT2D eigenvalue weighted by molar-refractivity contribution is -0.0789. The van der Waals surface area contributed by atoms with Gasteiger partial charge in [-0.3, -0.25) is 11.3 Å². The summed E-state index contributed by atoms with van der Waals surface area (Å²) in [5, 5.41) is 0. The Bertz CT molecular complexity index is 188. The molecule has 16 heavy (non-hydrogen) atoms. The van der Waals surface area contributed by atoms with Gasteiger partial charge in [0.05, 0.1) is 11.6 Å². The molecule has 1 rings (SSSR count). The summed E-state index contributed by atoms with van der Waals surface area (Å²) < 4.78 is 6.01. The minimum atomic E-state index is -0.0703. The van der Waals surface area contributed by atoms with E-state index < -0.39 is 0 Å². The molecule has 1 fully saturated rings. The van der Waals surface area contributed by atoms with Gasteiger partial charge < -0.3 is 4.74 Å². The van der Waals surface area contributed by atoms with Crippen molar-refractivity contribution in [2.75, 3.05) is 6.61 Å². The van der Waals surface area contributed by atoms with Crippen molar-refractivity contribution in [2.45, 2.75) is 70.9 Å². The zero-order valence-corrected chi connectivity index (χ0v) is 11.1. The number of hydrazine groups is 1. The summed E-state index contributed by atoms with van der Waals surface area (Å²) in [6.45, 7) is 7.23. The molecule has 3 nitrogen and oxygen atoms in total. The number of ether oxygens (including phenoxy) is 1. The number of nitrogens with two attached hydrogens (primary N) is 1. The fourth-order valence-electron chi connectivity index (χ4n) is 2.83. The minimum Gasteiger partial charge on any atom is -0.374 e. The van der Waals surface area contributed by atoms with Crippen molar-refractivity contribution < 1.29 is 4.74 Å². The van der Waals surface area contributed by atoms with Gasteiger partial charge in [0.25, 0.3) is 0 Å². The van der Waals surface area contributed by atoms with Crippen LogP contribution >= 0.6 is 0 Å². The number of rotatable bonds is 8. The van der Waals surface area contributed by atoms with Gasteiger partial charge in [0.15, 0.2) is 0 Å². The van der Waals surface area contributed by atoms with Crippen molar-refractivity contribution in [3.8, 4) is 0 Å². The van der Waals surface area contributed by atoms with Crippen molar-refractivity contribution in [1.82, 2.24) is 5.43 Å². The molecule has 0 saturated heterocycles. The molecule has 3 heteroatoms. The van der Waals surface area contributed by atoms with E-state index in [1.165, 1.54) is 19.3 Å². The monoisotopic (exact) mass is 228 g/mol. The quantitative estimate of drug-likeness (QED) is 0.496. The summed E-state index contributed by atoms with van der Waals surface area (Å²) in [6, 6.07) is 0.299. The SMILES string of the molecule is CCOC(CC)(CC)C(CC1CCC1)NN. The maximum absolute atomic E-state index is 6.01. The van der Waals surface area contributed by atoms with Gasteiger partial charge in [-0.05, 0) is 32.1 Å². The van der Waals surface area contributed by atoms with E-state index in [0.717, 1.165) is 31.8 Å². The van der Waals surface area contributed by atoms with Gasteiger partial charge in [-0.1, -0.05) is 33.1 Å². The highest BCUT2D eigenvalue weighted by Crippen LogP contribution is 2.35. The van der Waals surface area contributed by atoms with Gasteiger partial charge in [-0.15, -0.1) is 0 Å². The van der Waals surface area contributed by atoms with Gasteiger partial charge >= 0.3 is 0 Å². The number of nitrogens with one attached hydrogen (secondary N) is 1. The Morgan fingerprint density at radius 1 is 1.31 bits per heavy atom. The second kappa shape index (κ2) is 6.58. The van der Waals surface area contributed by atoms with E-state index in [0.29, 0.717) is 6.04 Å². The van der Waals surface area contributed by atoms with Crippen LogP contribution in [0.15, 0.2) is 0 Å². The lowest BCUT2D eigenvalue weighted by Gasteiger charge is -2.42. The van der Waals surface area contributed by atoms with Crippen LogP contribution in [0, 0.1) is 5.92 Å². The Balaban J connectivity index is 2.62. The third-order valence-corrected chi connectivity index (χ3v) is 4.26. The van der Waals surface area contributed by atoms with Gasteiger partial charge in [0, 0.05) is 6.61 Å². The van der Waals surface area contributed by atoms with Gasteiger partial charge in [0.2, 0.25) is 0 Å². The van der Waals surface area contributed by atoms with E-state index in [1.54, 1.807) is 0 Å². The first-order valence-corrected chi connectivity index (χ1v) is 6.82. The Kier molecular flexibility index (Phi) is 5.73. The molecule has 1 unspecified atom stereocenters. The Labute approximate surface area is 100 Å². The summed E-state index contributed by atoms with van der Waals surface area (Å²) in [5.41, 5.74) is 2.93. The van der Waals surface area contributed by atoms with Crippen LogP contribution in [0.1, 0.15) is 59.3 Å². The van der Waals surface area contributed by atoms with E-state index in [2.05, 4.69) is 26.2 Å². The van der Waals surface area contributed by atoms with Crippen molar-refractivity contribution in [2.24, 2.45) is 11.8 Å². The van der Waals surface area contributed by atoms with E-state index in [4.69, 9.17) is 10.6 Å². The highest BCUT2D eigenvalue weighted by molar-refractivity contribution is 4.93. The second-order valence-corrected chi connectivity index (χ2v) is 4.96. The molecule has 0 heterocycles. The number of hydrogen-bond acceptors (Lipinski definition) is 3. The van der Waals surface area contributed by atoms with Crippen molar-refractivity contribution in [3.63, 3.8) is 0 Å². The first-order valence-electron chi connectivity index (χ1n) is 6.82. The highest BCUT2D eigenvalue weighted by Gasteiger charge is 2.38. The summed E-state index contributed by atoms with van der Waals surface area (Å²) in [4.78, 5) is 0. The average molecular weight is 228 g/mol. The largest absolute Gasteiger partial charge is 0.374 e. The summed E-state index contributed by atoms with van der Waals surface area (Å²) >= 11 is 0. The van der Waals surface area contributed by atoms with Crippen molar-refractivity contribution in [3.05, 3.63) is 0 Å². The molecule has 0 aromatic heterocycles. The Morgan fingerprint density at radius 2 is 1.94 bits per heavy atom. The average Bonchev–Trinajstić information content (AvgIpc) is 2.26. The Hall–Kier alpha value is -0.120. The van der Waals surface area contributed by atoms with Gasteiger partial charge in [-0.2, -0.15) is 0 Å². The van der Waals surface area contributed by atoms with Crippen molar-refractivity contribution >= 4 is 0 Å². The molecule has 0 bridgehead atoms. The molecule has 96 valence electrons. The summed E-state index contributed by atoms with van der Waals surface area (Å²) in [7, 11) is 0. The maximum atomic E-state index is 6.01. The van der Waals surface area contributed by atoms with E-state index in [-0.39, 0.29) is 5.60 Å². The minimum absolute atomic E-state index is 0.0703. The topological polar surface area (TPSA) is 47.3 Å². The lowest BCUT2D eigenvalue weighted by atomic mass is 9.75. The molecule has 1 atom stereocenters. The molecule has 1 saturated carbocycles. The van der Waals surface area contributed by atoms with Crippen LogP contribution in [-0.2, 0) is 4.74 Å². The van der Waals surface area contributed by atoms with E-state index >= 15 is 0 Å². The third-order valence-electron chi connectivity index (χ3n) is 4.26. The van der Waals surface area contributed by atoms with Crippen molar-refractivity contribution in [1.29, 1.82) is 0 Å². The van der Waals surface area contributed by atoms with E-state index in [9.17, 15) is 0 Å². The van der Waals surface area contributed by atoms with Crippen LogP contribution in [0.5, 0.6) is 0 Å². The molecule has 3 N–H and O–H groups in total. The van der Waals surface area contributed by atoms with Crippen LogP contribution < -0.4 is 11.3 Å². The van der Waals surface area contributed by atoms with E-state index in [1.807, 2.05) is 0 Å². The van der Waals surface area contributed by atoms with Crippen LogP contribution in [0.2, 0.25) is 0 Å². The molecule has 1 aliphatic rings. The van der Waals surface area contributed by atoms with Gasteiger partial charge in [-0.25, -0.2) is 0 Å². The highest BCUT2D eigenvalue weighted by atomic mass is 16.5. The standard InChI is InChI=1S/C13H28N2O/c1-4-13(5-2,16-6-3)12(15-14)10-11-8-7-9-11/h11-12,15H,4-10,14H2,1-3H3. The molecule has 0 spiro atoms. The molecule has 1 aliphatic carbocycles. The fourth-order valence-corrected chi connectivity index (χ4v) is 2.83. The lowest BCUT2D eigenvalue weighted by Crippen LogP contribution is -2.55. The fraction of sp³-hybridized carbons (Fsp3) is 1.00. The van der Waals surface area contributed by atoms with Crippen LogP contribution in [-0.4, -0.2) is 18.2 Å². The molecular formula is C13H28N2O. The zero-order valence-electron chi connectivity index (χ0n) is 11.1. The molecular weight excluding hydrogens is 200 g/mol. The first kappa shape index (κ1) is 13.9. The second-order valence-electron chi connectivity index (χ2n) is 4.96. The summed E-state index contributed by atoms with van der Waals surface area (Å²) in [5.74, 6) is 6.60. The predicted molar refractivity (Wildman–Crippen MR) is 68.0 cm³/mol. The van der Waals surface area contributed by atoms with Crippen LogP contribution in [0.4, 0.5) is 0 Å². The third kappa shape index (κ3) is 2.96. The molecule has 0 aliphatic heterocycles. The normalized spacial score (nSPS) is 19.5. The first-order chi connectivity index (χ1) is 7.72. The molecule has 0 amide bonds. The molecule has 0 radical (unpaired) electrons. The molecule has 0 aromatic rings. The molecule has 0 aromatic carbocycles. The maximum Gasteiger partial charge on any atom is 0.0842 e. The van der Waals surface area contributed by atoms with Crippen LogP contribution in [0.3, 0.4) is 0 Å². The summed E-state index contributed by atoms with van der Waals surface area (Å²) in [6.07, 6.45) is 7.35. The zero-order chi connectivity index (χ0) is 12.0. The Morgan fingerprint density at radius 3 is 2.25 bits per heavy atom.